The molecule has 1 heterocycles. The van der Waals surface area contributed by atoms with E-state index in [1.807, 2.05) is 0 Å². The Hall–Kier alpha value is -1.11. The first-order valence-corrected chi connectivity index (χ1v) is 7.57. The third-order valence-electron chi connectivity index (χ3n) is 4.22. The molecule has 0 amide bonds. The van der Waals surface area contributed by atoms with Crippen LogP contribution in [0.15, 0.2) is 18.2 Å². The molecule has 0 bridgehead atoms. The van der Waals surface area contributed by atoms with Crippen molar-refractivity contribution in [1.29, 1.82) is 0 Å². The van der Waals surface area contributed by atoms with Crippen LogP contribution in [0.25, 0.3) is 0 Å². The lowest BCUT2D eigenvalue weighted by Gasteiger charge is -2.21. The molecule has 0 unspecified atom stereocenters. The summed E-state index contributed by atoms with van der Waals surface area (Å²) in [5.74, 6) is 0. The van der Waals surface area contributed by atoms with Gasteiger partial charge in [-0.3, -0.25) is 0 Å². The second-order valence-corrected chi connectivity index (χ2v) is 7.11. The van der Waals surface area contributed by atoms with Gasteiger partial charge in [-0.1, -0.05) is 45.9 Å². The van der Waals surface area contributed by atoms with Gasteiger partial charge in [-0.25, -0.2) is 0 Å². The third-order valence-corrected chi connectivity index (χ3v) is 4.22. The number of hydrogen-bond acceptors (Lipinski definition) is 0. The van der Waals surface area contributed by atoms with Crippen molar-refractivity contribution < 1.29 is 4.58 Å². The highest BCUT2D eigenvalue weighted by Crippen LogP contribution is 2.41. The SMILES string of the molecule is CCc1cccc(CC)c1[N+]1=CC(C)(C)CC1(C)C. The van der Waals surface area contributed by atoms with E-state index in [1.54, 1.807) is 0 Å². The second-order valence-electron chi connectivity index (χ2n) is 7.11. The predicted octanol–water partition coefficient (Wildman–Crippen LogP) is 4.73. The van der Waals surface area contributed by atoms with Crippen molar-refractivity contribution >= 4 is 11.9 Å². The van der Waals surface area contributed by atoms with Gasteiger partial charge in [0, 0.05) is 36.8 Å². The molecule has 0 saturated heterocycles. The van der Waals surface area contributed by atoms with Crippen molar-refractivity contribution in [3.05, 3.63) is 29.3 Å². The topological polar surface area (TPSA) is 3.01 Å². The smallest absolute Gasteiger partial charge is 0.197 e. The molecule has 0 N–H and O–H groups in total. The summed E-state index contributed by atoms with van der Waals surface area (Å²) in [5, 5.41) is 0. The van der Waals surface area contributed by atoms with Crippen molar-refractivity contribution in [2.75, 3.05) is 0 Å². The molecule has 0 spiro atoms. The van der Waals surface area contributed by atoms with Crippen LogP contribution in [0.3, 0.4) is 0 Å². The molecule has 1 aromatic carbocycles. The minimum Gasteiger partial charge on any atom is -0.197 e. The number of para-hydroxylation sites is 1. The van der Waals surface area contributed by atoms with Gasteiger partial charge in [0.2, 0.25) is 5.69 Å². The van der Waals surface area contributed by atoms with Gasteiger partial charge in [0.05, 0.1) is 0 Å². The molecular weight excluding hydrogens is 230 g/mol. The van der Waals surface area contributed by atoms with E-state index in [4.69, 9.17) is 0 Å². The summed E-state index contributed by atoms with van der Waals surface area (Å²) in [6.45, 7) is 13.9. The number of rotatable bonds is 3. The van der Waals surface area contributed by atoms with Gasteiger partial charge >= 0.3 is 0 Å². The van der Waals surface area contributed by atoms with E-state index in [1.165, 1.54) is 23.2 Å². The molecule has 0 aromatic heterocycles. The van der Waals surface area contributed by atoms with E-state index in [0.717, 1.165) is 12.8 Å². The maximum absolute atomic E-state index is 2.55. The lowest BCUT2D eigenvalue weighted by Crippen LogP contribution is -2.30. The van der Waals surface area contributed by atoms with Crippen molar-refractivity contribution in [3.63, 3.8) is 0 Å². The molecule has 1 aliphatic rings. The zero-order valence-electron chi connectivity index (χ0n) is 13.4. The summed E-state index contributed by atoms with van der Waals surface area (Å²) in [6.07, 6.45) is 5.86. The van der Waals surface area contributed by atoms with Crippen LogP contribution in [-0.4, -0.2) is 16.3 Å². The molecule has 0 fully saturated rings. The van der Waals surface area contributed by atoms with Crippen LogP contribution in [0.4, 0.5) is 5.69 Å². The van der Waals surface area contributed by atoms with Crippen molar-refractivity contribution in [1.82, 2.24) is 0 Å². The molecule has 1 heteroatoms. The fraction of sp³-hybridized carbons (Fsp3) is 0.611. The number of hydrogen-bond donors (Lipinski definition) is 0. The van der Waals surface area contributed by atoms with E-state index in [9.17, 15) is 0 Å². The predicted molar refractivity (Wildman–Crippen MR) is 83.7 cm³/mol. The first-order chi connectivity index (χ1) is 8.80. The molecule has 0 radical (unpaired) electrons. The first kappa shape index (κ1) is 14.3. The van der Waals surface area contributed by atoms with Gasteiger partial charge in [0.15, 0.2) is 11.8 Å². The average Bonchev–Trinajstić information content (AvgIpc) is 2.55. The molecule has 1 aromatic rings. The van der Waals surface area contributed by atoms with Gasteiger partial charge in [-0.2, -0.15) is 4.58 Å². The van der Waals surface area contributed by atoms with Crippen LogP contribution in [0, 0.1) is 5.41 Å². The average molecular weight is 258 g/mol. The van der Waals surface area contributed by atoms with Crippen molar-refractivity contribution in [3.8, 4) is 0 Å². The Balaban J connectivity index is 2.64. The van der Waals surface area contributed by atoms with Crippen molar-refractivity contribution in [2.45, 2.75) is 66.3 Å². The highest BCUT2D eigenvalue weighted by molar-refractivity contribution is 5.65. The summed E-state index contributed by atoms with van der Waals surface area (Å²) < 4.78 is 2.55. The minimum absolute atomic E-state index is 0.207. The van der Waals surface area contributed by atoms with Gasteiger partial charge in [-0.15, -0.1) is 0 Å². The number of benzene rings is 1. The summed E-state index contributed by atoms with van der Waals surface area (Å²) in [7, 11) is 0. The zero-order chi connectivity index (χ0) is 14.3. The van der Waals surface area contributed by atoms with Crippen LogP contribution in [0.5, 0.6) is 0 Å². The maximum Gasteiger partial charge on any atom is 0.211 e. The fourth-order valence-corrected chi connectivity index (χ4v) is 3.66. The lowest BCUT2D eigenvalue weighted by molar-refractivity contribution is -0.512. The van der Waals surface area contributed by atoms with Gasteiger partial charge in [0.25, 0.3) is 0 Å². The van der Waals surface area contributed by atoms with Gasteiger partial charge in [0.1, 0.15) is 0 Å². The van der Waals surface area contributed by atoms with Crippen LogP contribution in [0.2, 0.25) is 0 Å². The highest BCUT2D eigenvalue weighted by atomic mass is 15.1. The zero-order valence-corrected chi connectivity index (χ0v) is 13.4. The van der Waals surface area contributed by atoms with E-state index < -0.39 is 0 Å². The molecule has 104 valence electrons. The highest BCUT2D eigenvalue weighted by Gasteiger charge is 2.46. The molecule has 2 rings (SSSR count). The largest absolute Gasteiger partial charge is 0.211 e. The van der Waals surface area contributed by atoms with Gasteiger partial charge in [-0.05, 0) is 12.8 Å². The summed E-state index contributed by atoms with van der Waals surface area (Å²) in [4.78, 5) is 0. The van der Waals surface area contributed by atoms with Crippen LogP contribution in [-0.2, 0) is 12.8 Å². The number of nitrogens with zero attached hydrogens (tertiary/aromatic N) is 1. The molecule has 0 aliphatic carbocycles. The van der Waals surface area contributed by atoms with Crippen LogP contribution >= 0.6 is 0 Å². The quantitative estimate of drug-likeness (QED) is 0.689. The van der Waals surface area contributed by atoms with Crippen molar-refractivity contribution in [2.24, 2.45) is 5.41 Å². The molecular formula is C18H28N+. The molecule has 0 saturated carbocycles. The third kappa shape index (κ3) is 2.61. The Morgan fingerprint density at radius 1 is 1.00 bits per heavy atom. The monoisotopic (exact) mass is 258 g/mol. The molecule has 0 atom stereocenters. The molecule has 19 heavy (non-hydrogen) atoms. The summed E-state index contributed by atoms with van der Waals surface area (Å²) in [5.41, 5.74) is 4.90. The summed E-state index contributed by atoms with van der Waals surface area (Å²) >= 11 is 0. The number of aryl methyl sites for hydroxylation is 2. The van der Waals surface area contributed by atoms with E-state index in [2.05, 4.69) is 70.5 Å². The standard InChI is InChI=1S/C18H28N/c1-7-14-10-9-11-15(8-2)16(14)19-13-17(3,4)12-18(19,5)6/h9-11,13H,7-8,12H2,1-6H3/q+1. The Morgan fingerprint density at radius 3 is 1.89 bits per heavy atom. The Bertz CT molecular complexity index is 484. The fourth-order valence-electron chi connectivity index (χ4n) is 3.66. The maximum atomic E-state index is 2.55. The Kier molecular flexibility index (Phi) is 3.59. The van der Waals surface area contributed by atoms with E-state index in [-0.39, 0.29) is 11.0 Å². The minimum atomic E-state index is 0.207. The van der Waals surface area contributed by atoms with E-state index in [0.29, 0.717) is 0 Å². The van der Waals surface area contributed by atoms with Gasteiger partial charge < -0.3 is 0 Å². The van der Waals surface area contributed by atoms with E-state index >= 15 is 0 Å². The first-order valence-electron chi connectivity index (χ1n) is 7.57. The normalized spacial score (nSPS) is 20.4. The van der Waals surface area contributed by atoms with Crippen LogP contribution in [0.1, 0.15) is 59.1 Å². The molecule has 1 aliphatic heterocycles. The Labute approximate surface area is 118 Å². The lowest BCUT2D eigenvalue weighted by atomic mass is 9.85. The Morgan fingerprint density at radius 2 is 1.53 bits per heavy atom. The van der Waals surface area contributed by atoms with Crippen LogP contribution < -0.4 is 0 Å². The molecule has 1 nitrogen and oxygen atoms in total. The summed E-state index contributed by atoms with van der Waals surface area (Å²) in [6, 6.07) is 6.77. The second kappa shape index (κ2) is 4.77.